The summed E-state index contributed by atoms with van der Waals surface area (Å²) in [6.07, 6.45) is 0. The summed E-state index contributed by atoms with van der Waals surface area (Å²) in [5, 5.41) is 10.6. The molecule has 94 valence electrons. The molecule has 0 aliphatic heterocycles. The van der Waals surface area contributed by atoms with E-state index in [0.717, 1.165) is 20.7 Å². The highest BCUT2D eigenvalue weighted by Gasteiger charge is 2.17. The highest BCUT2D eigenvalue weighted by molar-refractivity contribution is 9.10. The van der Waals surface area contributed by atoms with Gasteiger partial charge >= 0.3 is 0 Å². The van der Waals surface area contributed by atoms with Gasteiger partial charge < -0.3 is 0 Å². The number of hydrogen-bond acceptors (Lipinski definition) is 5. The van der Waals surface area contributed by atoms with Crippen LogP contribution >= 0.6 is 38.6 Å². The molecule has 1 N–H and O–H groups in total. The van der Waals surface area contributed by atoms with Crippen LogP contribution in [-0.2, 0) is 16.6 Å². The molecule has 18 heavy (non-hydrogen) atoms. The molecule has 0 aliphatic rings. The molecule has 0 radical (unpaired) electrons. The summed E-state index contributed by atoms with van der Waals surface area (Å²) in [4.78, 5) is 1.29. The van der Waals surface area contributed by atoms with Crippen molar-refractivity contribution in [3.05, 3.63) is 37.8 Å². The molecule has 0 unspecified atom stereocenters. The fraction of sp³-hybridized carbons (Fsp3) is 0.100. The molecule has 2 rings (SSSR count). The molecular weight excluding hydrogens is 356 g/mol. The second kappa shape index (κ2) is 5.50. The summed E-state index contributed by atoms with van der Waals surface area (Å²) in [7, 11) is -3.54. The number of halogens is 1. The minimum Gasteiger partial charge on any atom is -0.206 e. The van der Waals surface area contributed by atoms with Gasteiger partial charge in [0.2, 0.25) is 10.0 Å². The van der Waals surface area contributed by atoms with Crippen LogP contribution in [0.3, 0.4) is 0 Å². The maximum Gasteiger partial charge on any atom is 0.250 e. The van der Waals surface area contributed by atoms with E-state index in [-0.39, 0.29) is 10.8 Å². The number of nitriles is 1. The van der Waals surface area contributed by atoms with E-state index in [0.29, 0.717) is 4.88 Å². The average Bonchev–Trinajstić information content (AvgIpc) is 2.95. The first-order chi connectivity index (χ1) is 8.53. The van der Waals surface area contributed by atoms with Gasteiger partial charge in [-0.25, -0.2) is 13.1 Å². The molecule has 0 aromatic carbocycles. The van der Waals surface area contributed by atoms with E-state index < -0.39 is 10.0 Å². The largest absolute Gasteiger partial charge is 0.250 e. The second-order valence-corrected chi connectivity index (χ2v) is 8.18. The lowest BCUT2D eigenvalue weighted by atomic mass is 10.5. The van der Waals surface area contributed by atoms with E-state index in [1.54, 1.807) is 0 Å². The predicted octanol–water partition coefficient (Wildman–Crippen LogP) is 2.92. The van der Waals surface area contributed by atoms with Crippen LogP contribution in [0.4, 0.5) is 0 Å². The zero-order chi connectivity index (χ0) is 13.2. The lowest BCUT2D eigenvalue weighted by molar-refractivity contribution is 0.584. The number of nitrogens with one attached hydrogen (secondary N) is 1. The van der Waals surface area contributed by atoms with Crippen LogP contribution in [0.1, 0.15) is 9.75 Å². The maximum absolute atomic E-state index is 11.9. The monoisotopic (exact) mass is 362 g/mol. The summed E-state index contributed by atoms with van der Waals surface area (Å²) in [5.74, 6) is 0. The Kier molecular flexibility index (Phi) is 4.19. The number of nitrogens with zero attached hydrogens (tertiary/aromatic N) is 1. The Balaban J connectivity index is 2.13. The van der Waals surface area contributed by atoms with Crippen molar-refractivity contribution in [2.24, 2.45) is 0 Å². The zero-order valence-electron chi connectivity index (χ0n) is 8.88. The lowest BCUT2D eigenvalue weighted by Gasteiger charge is -2.03. The summed E-state index contributed by atoms with van der Waals surface area (Å²) in [6, 6.07) is 6.73. The van der Waals surface area contributed by atoms with Gasteiger partial charge in [-0.1, -0.05) is 0 Å². The Bertz CT molecular complexity index is 697. The van der Waals surface area contributed by atoms with Crippen LogP contribution in [0.15, 0.2) is 32.3 Å². The Morgan fingerprint density at radius 1 is 1.39 bits per heavy atom. The molecular formula is C10H7BrN2O2S3. The van der Waals surface area contributed by atoms with Crippen LogP contribution in [0.5, 0.6) is 0 Å². The molecule has 0 bridgehead atoms. The quantitative estimate of drug-likeness (QED) is 0.908. The zero-order valence-corrected chi connectivity index (χ0v) is 12.9. The molecule has 0 spiro atoms. The number of thiophene rings is 2. The molecule has 0 fully saturated rings. The van der Waals surface area contributed by atoms with Crippen LogP contribution in [-0.4, -0.2) is 8.42 Å². The smallest absolute Gasteiger partial charge is 0.206 e. The van der Waals surface area contributed by atoms with Crippen molar-refractivity contribution >= 4 is 48.6 Å². The van der Waals surface area contributed by atoms with Crippen molar-refractivity contribution in [3.63, 3.8) is 0 Å². The number of hydrogen-bond donors (Lipinski definition) is 1. The molecule has 2 aromatic heterocycles. The molecule has 2 aromatic rings. The first-order valence-corrected chi connectivity index (χ1v) is 8.71. The molecule has 0 aliphatic carbocycles. The molecule has 4 nitrogen and oxygen atoms in total. The fourth-order valence-corrected chi connectivity index (χ4v) is 4.87. The van der Waals surface area contributed by atoms with Gasteiger partial charge in [0.25, 0.3) is 0 Å². The standard InChI is InChI=1S/C10H7BrN2O2S3/c11-8-3-4-16-9(8)6-13-18(14,15)10-2-1-7(5-12)17-10/h1-4,13H,6H2. The van der Waals surface area contributed by atoms with Crippen LogP contribution in [0.2, 0.25) is 0 Å². The van der Waals surface area contributed by atoms with Crippen molar-refractivity contribution in [1.29, 1.82) is 5.26 Å². The fourth-order valence-electron chi connectivity index (χ4n) is 1.21. The third-order valence-electron chi connectivity index (χ3n) is 2.07. The molecule has 8 heteroatoms. The Labute approximate surface area is 121 Å². The summed E-state index contributed by atoms with van der Waals surface area (Å²) < 4.78 is 27.5. The molecule has 0 saturated heterocycles. The van der Waals surface area contributed by atoms with Gasteiger partial charge in [-0.2, -0.15) is 5.26 Å². The van der Waals surface area contributed by atoms with E-state index in [1.807, 2.05) is 17.5 Å². The maximum atomic E-state index is 11.9. The summed E-state index contributed by atoms with van der Waals surface area (Å²) >= 11 is 5.77. The average molecular weight is 363 g/mol. The van der Waals surface area contributed by atoms with Crippen molar-refractivity contribution in [2.45, 2.75) is 10.8 Å². The van der Waals surface area contributed by atoms with Crippen LogP contribution in [0.25, 0.3) is 0 Å². The Hall–Kier alpha value is -0.720. The first kappa shape index (κ1) is 13.7. The second-order valence-electron chi connectivity index (χ2n) is 3.25. The summed E-state index contributed by atoms with van der Waals surface area (Å²) in [5.41, 5.74) is 0. The lowest BCUT2D eigenvalue weighted by Crippen LogP contribution is -2.21. The third kappa shape index (κ3) is 2.99. The van der Waals surface area contributed by atoms with Crippen molar-refractivity contribution in [3.8, 4) is 6.07 Å². The van der Waals surface area contributed by atoms with Gasteiger partial charge in [-0.05, 0) is 39.5 Å². The van der Waals surface area contributed by atoms with Gasteiger partial charge in [0.05, 0.1) is 0 Å². The molecule has 0 atom stereocenters. The highest BCUT2D eigenvalue weighted by atomic mass is 79.9. The van der Waals surface area contributed by atoms with E-state index in [4.69, 9.17) is 5.26 Å². The van der Waals surface area contributed by atoms with Gasteiger partial charge in [-0.3, -0.25) is 0 Å². The van der Waals surface area contributed by atoms with E-state index in [9.17, 15) is 8.42 Å². The number of sulfonamides is 1. The third-order valence-corrected chi connectivity index (χ3v) is 6.88. The Morgan fingerprint density at radius 3 is 2.72 bits per heavy atom. The van der Waals surface area contributed by atoms with Crippen LogP contribution in [0, 0.1) is 11.3 Å². The van der Waals surface area contributed by atoms with Gasteiger partial charge in [0.15, 0.2) is 0 Å². The van der Waals surface area contributed by atoms with Crippen molar-refractivity contribution in [2.75, 3.05) is 0 Å². The topological polar surface area (TPSA) is 70.0 Å². The van der Waals surface area contributed by atoms with Crippen molar-refractivity contribution in [1.82, 2.24) is 4.72 Å². The van der Waals surface area contributed by atoms with Crippen LogP contribution < -0.4 is 4.72 Å². The Morgan fingerprint density at radius 2 is 2.17 bits per heavy atom. The molecule has 0 saturated carbocycles. The van der Waals surface area contributed by atoms with E-state index >= 15 is 0 Å². The molecule has 2 heterocycles. The highest BCUT2D eigenvalue weighted by Crippen LogP contribution is 2.24. The minimum atomic E-state index is -3.54. The van der Waals surface area contributed by atoms with E-state index in [1.165, 1.54) is 23.5 Å². The van der Waals surface area contributed by atoms with Gasteiger partial charge in [-0.15, -0.1) is 22.7 Å². The minimum absolute atomic E-state index is 0.159. The first-order valence-electron chi connectivity index (χ1n) is 4.74. The summed E-state index contributed by atoms with van der Waals surface area (Å²) in [6.45, 7) is 0.236. The number of rotatable bonds is 4. The van der Waals surface area contributed by atoms with Crippen molar-refractivity contribution < 1.29 is 8.42 Å². The normalized spacial score (nSPS) is 11.3. The predicted molar refractivity (Wildman–Crippen MR) is 75.1 cm³/mol. The molecule has 0 amide bonds. The SMILES string of the molecule is N#Cc1ccc(S(=O)(=O)NCc2sccc2Br)s1. The van der Waals surface area contributed by atoms with Gasteiger partial charge in [0, 0.05) is 15.9 Å². The van der Waals surface area contributed by atoms with Gasteiger partial charge in [0.1, 0.15) is 15.2 Å². The van der Waals surface area contributed by atoms with E-state index in [2.05, 4.69) is 20.7 Å².